The van der Waals surface area contributed by atoms with Crippen molar-refractivity contribution in [2.24, 2.45) is 11.5 Å². The SMILES string of the molecule is C[C@H](N)C(=O)N[C@@H](CO)C(=O)OC(=O)[C@H](CO)NC(=O)[C@H](C)N. The first kappa shape index (κ1) is 20.9. The second kappa shape index (κ2) is 9.84. The molecule has 2 amide bonds. The average molecular weight is 334 g/mol. The van der Waals surface area contributed by atoms with Crippen LogP contribution in [0.4, 0.5) is 0 Å². The molecule has 0 unspecified atom stereocenters. The number of rotatable bonds is 8. The van der Waals surface area contributed by atoms with Gasteiger partial charge in [-0.1, -0.05) is 0 Å². The summed E-state index contributed by atoms with van der Waals surface area (Å²) in [5, 5.41) is 22.3. The lowest BCUT2D eigenvalue weighted by atomic mass is 10.2. The number of aliphatic hydroxyl groups is 2. The quantitative estimate of drug-likeness (QED) is 0.188. The van der Waals surface area contributed by atoms with Gasteiger partial charge in [0.1, 0.15) is 0 Å². The predicted octanol–water partition coefficient (Wildman–Crippen LogP) is -4.30. The van der Waals surface area contributed by atoms with Crippen LogP contribution >= 0.6 is 0 Å². The fourth-order valence-corrected chi connectivity index (χ4v) is 1.21. The number of amides is 2. The molecular formula is C12H22N4O7. The van der Waals surface area contributed by atoms with Crippen LogP contribution in [0, 0.1) is 0 Å². The Morgan fingerprint density at radius 2 is 1.17 bits per heavy atom. The third-order valence-corrected chi connectivity index (χ3v) is 2.60. The molecule has 0 fully saturated rings. The normalized spacial score (nSPS) is 15.7. The third-order valence-electron chi connectivity index (χ3n) is 2.60. The summed E-state index contributed by atoms with van der Waals surface area (Å²) in [6.07, 6.45) is 0. The van der Waals surface area contributed by atoms with Crippen molar-refractivity contribution in [1.29, 1.82) is 0 Å². The number of esters is 2. The highest BCUT2D eigenvalue weighted by Gasteiger charge is 2.29. The van der Waals surface area contributed by atoms with Crippen LogP contribution in [0.15, 0.2) is 0 Å². The highest BCUT2D eigenvalue weighted by molar-refractivity contribution is 5.95. The Morgan fingerprint density at radius 3 is 1.39 bits per heavy atom. The second-order valence-corrected chi connectivity index (χ2v) is 4.80. The molecule has 0 saturated carbocycles. The lowest BCUT2D eigenvalue weighted by molar-refractivity contribution is -0.165. The minimum Gasteiger partial charge on any atom is -0.394 e. The van der Waals surface area contributed by atoms with Crippen LogP contribution in [0.2, 0.25) is 0 Å². The molecule has 0 radical (unpaired) electrons. The van der Waals surface area contributed by atoms with Crippen LogP contribution in [0.1, 0.15) is 13.8 Å². The highest BCUT2D eigenvalue weighted by atomic mass is 16.6. The van der Waals surface area contributed by atoms with Crippen molar-refractivity contribution in [3.8, 4) is 0 Å². The van der Waals surface area contributed by atoms with E-state index in [1.165, 1.54) is 13.8 Å². The van der Waals surface area contributed by atoms with E-state index in [1.54, 1.807) is 0 Å². The van der Waals surface area contributed by atoms with Crippen LogP contribution < -0.4 is 22.1 Å². The van der Waals surface area contributed by atoms with Crippen molar-refractivity contribution >= 4 is 23.8 Å². The van der Waals surface area contributed by atoms with Gasteiger partial charge in [0.15, 0.2) is 12.1 Å². The molecule has 0 aliphatic heterocycles. The van der Waals surface area contributed by atoms with Gasteiger partial charge in [0.05, 0.1) is 25.3 Å². The van der Waals surface area contributed by atoms with Crippen molar-refractivity contribution in [2.75, 3.05) is 13.2 Å². The zero-order valence-electron chi connectivity index (χ0n) is 12.8. The first-order chi connectivity index (χ1) is 10.6. The summed E-state index contributed by atoms with van der Waals surface area (Å²) in [7, 11) is 0. The summed E-state index contributed by atoms with van der Waals surface area (Å²) in [6, 6.07) is -4.91. The Morgan fingerprint density at radius 1 is 0.870 bits per heavy atom. The Kier molecular flexibility index (Phi) is 8.95. The number of aliphatic hydroxyl groups excluding tert-OH is 2. The third kappa shape index (κ3) is 7.15. The minimum absolute atomic E-state index is 0.739. The molecule has 0 aliphatic rings. The number of hydrogen-bond acceptors (Lipinski definition) is 9. The van der Waals surface area contributed by atoms with E-state index in [-0.39, 0.29) is 0 Å². The predicted molar refractivity (Wildman–Crippen MR) is 76.4 cm³/mol. The maximum atomic E-state index is 11.7. The van der Waals surface area contributed by atoms with E-state index in [1.807, 2.05) is 0 Å². The van der Waals surface area contributed by atoms with Crippen LogP contribution in [0.3, 0.4) is 0 Å². The van der Waals surface area contributed by atoms with E-state index in [9.17, 15) is 19.2 Å². The maximum absolute atomic E-state index is 11.7. The molecule has 23 heavy (non-hydrogen) atoms. The van der Waals surface area contributed by atoms with E-state index in [4.69, 9.17) is 21.7 Å². The molecule has 8 N–H and O–H groups in total. The summed E-state index contributed by atoms with van der Waals surface area (Å²) in [6.45, 7) is 1.04. The summed E-state index contributed by atoms with van der Waals surface area (Å²) in [5.41, 5.74) is 10.6. The molecule has 0 bridgehead atoms. The first-order valence-electron chi connectivity index (χ1n) is 6.73. The zero-order valence-corrected chi connectivity index (χ0v) is 12.8. The molecule has 0 aromatic rings. The van der Waals surface area contributed by atoms with Gasteiger partial charge in [-0.15, -0.1) is 0 Å². The van der Waals surface area contributed by atoms with Gasteiger partial charge in [0.2, 0.25) is 11.8 Å². The van der Waals surface area contributed by atoms with Crippen LogP contribution in [0.25, 0.3) is 0 Å². The zero-order chi connectivity index (χ0) is 18.2. The minimum atomic E-state index is -1.51. The smallest absolute Gasteiger partial charge is 0.338 e. The molecule has 4 atom stereocenters. The van der Waals surface area contributed by atoms with E-state index < -0.39 is 61.1 Å². The van der Waals surface area contributed by atoms with Crippen LogP contribution in [-0.2, 0) is 23.9 Å². The van der Waals surface area contributed by atoms with Crippen molar-refractivity contribution in [2.45, 2.75) is 38.0 Å². The van der Waals surface area contributed by atoms with Crippen molar-refractivity contribution < 1.29 is 34.1 Å². The van der Waals surface area contributed by atoms with Gasteiger partial charge in [-0.3, -0.25) is 9.59 Å². The summed E-state index contributed by atoms with van der Waals surface area (Å²) in [5.74, 6) is -4.00. The van der Waals surface area contributed by atoms with Gasteiger partial charge in [0.25, 0.3) is 0 Å². The van der Waals surface area contributed by atoms with Gasteiger partial charge in [0, 0.05) is 0 Å². The number of carbonyl (C=O) groups excluding carboxylic acids is 4. The molecule has 11 nitrogen and oxygen atoms in total. The van der Waals surface area contributed by atoms with Gasteiger partial charge < -0.3 is 37.1 Å². The van der Waals surface area contributed by atoms with E-state index in [0.29, 0.717) is 0 Å². The Bertz CT molecular complexity index is 413. The molecule has 0 aliphatic carbocycles. The molecule has 0 aromatic heterocycles. The molecule has 0 spiro atoms. The fourth-order valence-electron chi connectivity index (χ4n) is 1.21. The van der Waals surface area contributed by atoms with Crippen molar-refractivity contribution in [1.82, 2.24) is 10.6 Å². The Labute approximate surface area is 132 Å². The molecule has 0 heterocycles. The summed E-state index contributed by atoms with van der Waals surface area (Å²) >= 11 is 0. The summed E-state index contributed by atoms with van der Waals surface area (Å²) < 4.78 is 4.41. The van der Waals surface area contributed by atoms with Gasteiger partial charge in [-0.05, 0) is 13.8 Å². The van der Waals surface area contributed by atoms with Crippen LogP contribution in [-0.4, -0.2) is 71.3 Å². The topological polar surface area (TPSA) is 194 Å². The molecule has 11 heteroatoms. The van der Waals surface area contributed by atoms with Gasteiger partial charge >= 0.3 is 11.9 Å². The van der Waals surface area contributed by atoms with E-state index in [2.05, 4.69) is 15.4 Å². The fraction of sp³-hybridized carbons (Fsp3) is 0.667. The first-order valence-corrected chi connectivity index (χ1v) is 6.73. The number of carbonyl (C=O) groups is 4. The van der Waals surface area contributed by atoms with E-state index in [0.717, 1.165) is 0 Å². The molecule has 132 valence electrons. The van der Waals surface area contributed by atoms with Gasteiger partial charge in [-0.2, -0.15) is 0 Å². The molecule has 0 aromatic carbocycles. The van der Waals surface area contributed by atoms with Crippen LogP contribution in [0.5, 0.6) is 0 Å². The lowest BCUT2D eigenvalue weighted by Crippen LogP contribution is -2.53. The monoisotopic (exact) mass is 334 g/mol. The number of nitrogens with two attached hydrogens (primary N) is 2. The maximum Gasteiger partial charge on any atom is 0.338 e. The number of ether oxygens (including phenoxy) is 1. The van der Waals surface area contributed by atoms with Crippen molar-refractivity contribution in [3.63, 3.8) is 0 Å². The molecular weight excluding hydrogens is 312 g/mol. The van der Waals surface area contributed by atoms with Crippen molar-refractivity contribution in [3.05, 3.63) is 0 Å². The Balaban J connectivity index is 4.73. The summed E-state index contributed by atoms with van der Waals surface area (Å²) in [4.78, 5) is 46.1. The standard InChI is InChI=1S/C12H22N4O7/c1-5(13)9(19)15-7(3-17)11(21)23-12(22)8(4-18)16-10(20)6(2)14/h5-8,17-18H,3-4,13-14H2,1-2H3,(H,15,19)(H,16,20)/t5-,6-,7-,8-/m0/s1. The number of hydrogen-bond donors (Lipinski definition) is 6. The lowest BCUT2D eigenvalue weighted by Gasteiger charge is -2.19. The second-order valence-electron chi connectivity index (χ2n) is 4.80. The highest BCUT2D eigenvalue weighted by Crippen LogP contribution is 1.96. The molecule has 0 rings (SSSR count). The Hall–Kier alpha value is -2.08. The van der Waals surface area contributed by atoms with E-state index >= 15 is 0 Å². The number of nitrogens with one attached hydrogen (secondary N) is 2. The largest absolute Gasteiger partial charge is 0.394 e. The van der Waals surface area contributed by atoms with Gasteiger partial charge in [-0.25, -0.2) is 9.59 Å². The average Bonchev–Trinajstić information content (AvgIpc) is 2.48. The molecule has 0 saturated heterocycles.